The topological polar surface area (TPSA) is 78.9 Å². The van der Waals surface area contributed by atoms with Gasteiger partial charge in [-0.15, -0.1) is 0 Å². The summed E-state index contributed by atoms with van der Waals surface area (Å²) in [6.45, 7) is 1.21. The number of hydrogen-bond acceptors (Lipinski definition) is 6. The maximum absolute atomic E-state index is 12.1. The van der Waals surface area contributed by atoms with E-state index in [9.17, 15) is 14.4 Å². The molecule has 22 heavy (non-hydrogen) atoms. The normalized spacial score (nSPS) is 10.1. The summed E-state index contributed by atoms with van der Waals surface area (Å²) >= 11 is 0. The van der Waals surface area contributed by atoms with Crippen LogP contribution in [0.25, 0.3) is 10.8 Å². The first kappa shape index (κ1) is 15.5. The first-order valence-electron chi connectivity index (χ1n) is 6.40. The van der Waals surface area contributed by atoms with Crippen LogP contribution in [0, 0.1) is 0 Å². The number of esters is 3. The molecule has 0 saturated heterocycles. The average Bonchev–Trinajstić information content (AvgIpc) is 2.52. The van der Waals surface area contributed by atoms with E-state index in [0.717, 1.165) is 0 Å². The van der Waals surface area contributed by atoms with E-state index in [1.165, 1.54) is 27.2 Å². The van der Waals surface area contributed by atoms with Crippen LogP contribution in [0.2, 0.25) is 0 Å². The second-order valence-electron chi connectivity index (χ2n) is 4.43. The Balaban J connectivity index is 2.89. The Bertz CT molecular complexity index is 763. The molecule has 0 aliphatic heterocycles. The van der Waals surface area contributed by atoms with Gasteiger partial charge in [-0.05, 0) is 11.5 Å². The van der Waals surface area contributed by atoms with Crippen LogP contribution in [0.15, 0.2) is 30.3 Å². The fourth-order valence-electron chi connectivity index (χ4n) is 2.14. The van der Waals surface area contributed by atoms with Gasteiger partial charge in [0.2, 0.25) is 0 Å². The van der Waals surface area contributed by atoms with Gasteiger partial charge in [-0.1, -0.05) is 24.3 Å². The minimum Gasteiger partial charge on any atom is -0.465 e. The zero-order valence-electron chi connectivity index (χ0n) is 12.3. The number of methoxy groups -OCH3 is 2. The van der Waals surface area contributed by atoms with Gasteiger partial charge in [-0.2, -0.15) is 0 Å². The molecule has 0 N–H and O–H groups in total. The molecule has 0 saturated carbocycles. The van der Waals surface area contributed by atoms with Crippen LogP contribution in [-0.4, -0.2) is 32.1 Å². The van der Waals surface area contributed by atoms with Crippen molar-refractivity contribution in [2.75, 3.05) is 14.2 Å². The third kappa shape index (κ3) is 2.76. The van der Waals surface area contributed by atoms with Crippen LogP contribution < -0.4 is 4.74 Å². The Morgan fingerprint density at radius 1 is 0.955 bits per heavy atom. The largest absolute Gasteiger partial charge is 0.465 e. The molecule has 114 valence electrons. The zero-order chi connectivity index (χ0) is 16.3. The van der Waals surface area contributed by atoms with Gasteiger partial charge in [0.15, 0.2) is 5.75 Å². The summed E-state index contributed by atoms with van der Waals surface area (Å²) in [6.07, 6.45) is 0. The number of carbonyl (C=O) groups is 3. The predicted octanol–water partition coefficient (Wildman–Crippen LogP) is 2.34. The standard InChI is InChI=1S/C16H14O6/c1-9(17)22-14-11-7-5-4-6-10(11)8-12(15(18)20-2)13(14)16(19)21-3/h4-8H,1-3H3. The molecule has 0 heterocycles. The summed E-state index contributed by atoms with van der Waals surface area (Å²) in [7, 11) is 2.38. The van der Waals surface area contributed by atoms with E-state index in [-0.39, 0.29) is 16.9 Å². The summed E-state index contributed by atoms with van der Waals surface area (Å²) in [5.74, 6) is -2.14. The number of fused-ring (bicyclic) bond motifs is 1. The molecule has 0 atom stereocenters. The zero-order valence-corrected chi connectivity index (χ0v) is 12.3. The van der Waals surface area contributed by atoms with Crippen LogP contribution in [0.5, 0.6) is 5.75 Å². The highest BCUT2D eigenvalue weighted by Crippen LogP contribution is 2.34. The third-order valence-electron chi connectivity index (χ3n) is 3.04. The lowest BCUT2D eigenvalue weighted by molar-refractivity contribution is -0.131. The van der Waals surface area contributed by atoms with Gasteiger partial charge in [-0.3, -0.25) is 4.79 Å². The van der Waals surface area contributed by atoms with Crippen LogP contribution in [0.4, 0.5) is 0 Å². The number of ether oxygens (including phenoxy) is 3. The number of carbonyl (C=O) groups excluding carboxylic acids is 3. The van der Waals surface area contributed by atoms with Crippen LogP contribution in [0.3, 0.4) is 0 Å². The van der Waals surface area contributed by atoms with Gasteiger partial charge in [0.1, 0.15) is 5.56 Å². The molecule has 0 aromatic heterocycles. The first-order chi connectivity index (χ1) is 10.5. The third-order valence-corrected chi connectivity index (χ3v) is 3.04. The fourth-order valence-corrected chi connectivity index (χ4v) is 2.14. The SMILES string of the molecule is COC(=O)c1cc2ccccc2c(OC(C)=O)c1C(=O)OC. The Morgan fingerprint density at radius 3 is 2.18 bits per heavy atom. The van der Waals surface area contributed by atoms with Crippen LogP contribution in [-0.2, 0) is 14.3 Å². The van der Waals surface area contributed by atoms with Crippen molar-refractivity contribution in [1.82, 2.24) is 0 Å². The van der Waals surface area contributed by atoms with E-state index in [4.69, 9.17) is 14.2 Å². The average molecular weight is 302 g/mol. The van der Waals surface area contributed by atoms with Gasteiger partial charge in [0.05, 0.1) is 19.8 Å². The van der Waals surface area contributed by atoms with Crippen molar-refractivity contribution < 1.29 is 28.6 Å². The Kier molecular flexibility index (Phi) is 4.41. The van der Waals surface area contributed by atoms with Gasteiger partial charge in [0, 0.05) is 12.3 Å². The van der Waals surface area contributed by atoms with E-state index >= 15 is 0 Å². The van der Waals surface area contributed by atoms with E-state index in [1.54, 1.807) is 24.3 Å². The number of rotatable bonds is 3. The van der Waals surface area contributed by atoms with Crippen molar-refractivity contribution >= 4 is 28.7 Å². The Labute approximate surface area is 126 Å². The molecule has 2 aromatic rings. The molecule has 0 amide bonds. The maximum Gasteiger partial charge on any atom is 0.342 e. The highest BCUT2D eigenvalue weighted by molar-refractivity contribution is 6.11. The molecule has 6 heteroatoms. The van der Waals surface area contributed by atoms with Gasteiger partial charge >= 0.3 is 17.9 Å². The van der Waals surface area contributed by atoms with Crippen LogP contribution >= 0.6 is 0 Å². The summed E-state index contributed by atoms with van der Waals surface area (Å²) in [5.41, 5.74) is -0.160. The number of hydrogen-bond donors (Lipinski definition) is 0. The molecule has 0 aliphatic rings. The van der Waals surface area contributed by atoms with Crippen molar-refractivity contribution in [1.29, 1.82) is 0 Å². The molecule has 6 nitrogen and oxygen atoms in total. The van der Waals surface area contributed by atoms with Gasteiger partial charge < -0.3 is 14.2 Å². The van der Waals surface area contributed by atoms with Crippen molar-refractivity contribution in [3.8, 4) is 5.75 Å². The summed E-state index contributed by atoms with van der Waals surface area (Å²) < 4.78 is 14.6. The minimum atomic E-state index is -0.789. The van der Waals surface area contributed by atoms with E-state index in [1.807, 2.05) is 0 Å². The fraction of sp³-hybridized carbons (Fsp3) is 0.188. The van der Waals surface area contributed by atoms with E-state index in [0.29, 0.717) is 10.8 Å². The van der Waals surface area contributed by atoms with Crippen molar-refractivity contribution in [2.45, 2.75) is 6.92 Å². The number of benzene rings is 2. The predicted molar refractivity (Wildman–Crippen MR) is 77.9 cm³/mol. The lowest BCUT2D eigenvalue weighted by atomic mass is 9.99. The molecular weight excluding hydrogens is 288 g/mol. The molecule has 2 rings (SSSR count). The smallest absolute Gasteiger partial charge is 0.342 e. The lowest BCUT2D eigenvalue weighted by Crippen LogP contribution is -2.16. The molecule has 2 aromatic carbocycles. The van der Waals surface area contributed by atoms with Gasteiger partial charge in [0.25, 0.3) is 0 Å². The second-order valence-corrected chi connectivity index (χ2v) is 4.43. The van der Waals surface area contributed by atoms with Crippen molar-refractivity contribution in [3.05, 3.63) is 41.5 Å². The van der Waals surface area contributed by atoms with Crippen molar-refractivity contribution in [2.24, 2.45) is 0 Å². The molecular formula is C16H14O6. The lowest BCUT2D eigenvalue weighted by Gasteiger charge is -2.14. The monoisotopic (exact) mass is 302 g/mol. The van der Waals surface area contributed by atoms with E-state index in [2.05, 4.69) is 0 Å². The quantitative estimate of drug-likeness (QED) is 0.639. The summed E-state index contributed by atoms with van der Waals surface area (Å²) in [4.78, 5) is 35.4. The van der Waals surface area contributed by atoms with Crippen molar-refractivity contribution in [3.63, 3.8) is 0 Å². The molecule has 0 aliphatic carbocycles. The highest BCUT2D eigenvalue weighted by atomic mass is 16.5. The Morgan fingerprint density at radius 2 is 1.59 bits per heavy atom. The first-order valence-corrected chi connectivity index (χ1v) is 6.40. The van der Waals surface area contributed by atoms with Gasteiger partial charge in [-0.25, -0.2) is 9.59 Å². The van der Waals surface area contributed by atoms with Crippen LogP contribution in [0.1, 0.15) is 27.6 Å². The summed E-state index contributed by atoms with van der Waals surface area (Å²) in [6, 6.07) is 8.41. The summed E-state index contributed by atoms with van der Waals surface area (Å²) in [5, 5.41) is 1.15. The van der Waals surface area contributed by atoms with E-state index < -0.39 is 17.9 Å². The molecule has 0 radical (unpaired) electrons. The highest BCUT2D eigenvalue weighted by Gasteiger charge is 2.26. The second kappa shape index (κ2) is 6.26. The molecule has 0 bridgehead atoms. The minimum absolute atomic E-state index is 0.0159. The maximum atomic E-state index is 12.1. The molecule has 0 fully saturated rings. The molecule has 0 spiro atoms. The molecule has 0 unspecified atom stereocenters. The Hall–Kier alpha value is -2.89.